The molecule has 0 spiro atoms. The zero-order valence-corrected chi connectivity index (χ0v) is 17.4. The lowest BCUT2D eigenvalue weighted by Crippen LogP contribution is -2.41. The van der Waals surface area contributed by atoms with Gasteiger partial charge >= 0.3 is 0 Å². The summed E-state index contributed by atoms with van der Waals surface area (Å²) in [6.07, 6.45) is 8.30. The van der Waals surface area contributed by atoms with Crippen LogP contribution >= 0.6 is 0 Å². The van der Waals surface area contributed by atoms with Crippen LogP contribution in [0.1, 0.15) is 84.0 Å². The molecule has 9 nitrogen and oxygen atoms in total. The Morgan fingerprint density at radius 1 is 0.828 bits per heavy atom. The van der Waals surface area contributed by atoms with Gasteiger partial charge in [0, 0.05) is 35.5 Å². The zero-order valence-electron chi connectivity index (χ0n) is 17.4. The van der Waals surface area contributed by atoms with E-state index in [0.717, 1.165) is 44.8 Å². The number of nitrogens with zero attached hydrogens (tertiary/aromatic N) is 2. The fourth-order valence-electron chi connectivity index (χ4n) is 3.18. The van der Waals surface area contributed by atoms with Gasteiger partial charge in [-0.15, -0.1) is 0 Å². The van der Waals surface area contributed by atoms with E-state index in [4.69, 9.17) is 0 Å². The minimum absolute atomic E-state index is 0.0207. The topological polar surface area (TPSA) is 144 Å². The van der Waals surface area contributed by atoms with Crippen LogP contribution in [0.15, 0.2) is 12.2 Å². The van der Waals surface area contributed by atoms with Gasteiger partial charge in [0.25, 0.3) is 0 Å². The molecule has 0 amide bonds. The summed E-state index contributed by atoms with van der Waals surface area (Å²) in [5.41, 5.74) is 0. The number of aldehydes is 1. The third-order valence-electron chi connectivity index (χ3n) is 5.00. The maximum absolute atomic E-state index is 11.3. The smallest absolute Gasteiger partial charge is 0.242 e. The van der Waals surface area contributed by atoms with E-state index in [0.29, 0.717) is 19.3 Å². The molecule has 0 saturated heterocycles. The van der Waals surface area contributed by atoms with Gasteiger partial charge in [-0.25, -0.2) is 0 Å². The van der Waals surface area contributed by atoms with Crippen LogP contribution in [0.25, 0.3) is 0 Å². The molecular weight excluding hydrogens is 380 g/mol. The van der Waals surface area contributed by atoms with Crippen LogP contribution in [0.5, 0.6) is 0 Å². The molecule has 0 fully saturated rings. The molecule has 9 heteroatoms. The second-order valence-corrected chi connectivity index (χ2v) is 7.44. The van der Waals surface area contributed by atoms with Crippen molar-refractivity contribution in [3.05, 3.63) is 32.4 Å². The fraction of sp³-hybridized carbons (Fsp3) is 0.850. The predicted octanol–water partition coefficient (Wildman–Crippen LogP) is 3.46. The van der Waals surface area contributed by atoms with E-state index in [2.05, 4.69) is 6.92 Å². The summed E-state index contributed by atoms with van der Waals surface area (Å²) in [7, 11) is 0. The van der Waals surface area contributed by atoms with Crippen molar-refractivity contribution in [2.45, 2.75) is 108 Å². The lowest BCUT2D eigenvalue weighted by atomic mass is 9.95. The highest BCUT2D eigenvalue weighted by molar-refractivity contribution is 5.48. The first-order valence-electron chi connectivity index (χ1n) is 10.6. The predicted molar refractivity (Wildman–Crippen MR) is 110 cm³/mol. The molecule has 0 aromatic heterocycles. The molecule has 0 heterocycles. The van der Waals surface area contributed by atoms with Crippen molar-refractivity contribution in [2.24, 2.45) is 0 Å². The Morgan fingerprint density at radius 3 is 2.00 bits per heavy atom. The standard InChI is InChI=1S/C20H36N2O7/c1-2-3-4-5-7-10-13-17(21(26)27)19(24)16-20(25)18(22(28)29)14-11-8-6-9-12-15-23/h7,10,15,17-20,24-25H,2-6,8-9,11-14,16H2,1H3/b10-7-. The second kappa shape index (κ2) is 17.0. The number of carbonyl (C=O) groups excluding carboxylic acids is 1. The largest absolute Gasteiger partial charge is 0.386 e. The number of allylic oxidation sites excluding steroid dienone is 1. The first kappa shape index (κ1) is 27.1. The number of aliphatic hydroxyl groups excluding tert-OH is 2. The molecule has 0 aromatic rings. The molecule has 0 aliphatic carbocycles. The van der Waals surface area contributed by atoms with Crippen LogP contribution in [0.3, 0.4) is 0 Å². The summed E-state index contributed by atoms with van der Waals surface area (Å²) in [5.74, 6) is 0. The van der Waals surface area contributed by atoms with Crippen LogP contribution in [0.4, 0.5) is 0 Å². The Labute approximate surface area is 172 Å². The average Bonchev–Trinajstić information content (AvgIpc) is 2.65. The van der Waals surface area contributed by atoms with E-state index < -0.39 is 40.6 Å². The van der Waals surface area contributed by atoms with Crippen LogP contribution in [-0.4, -0.2) is 50.6 Å². The number of carbonyl (C=O) groups is 1. The Kier molecular flexibility index (Phi) is 15.9. The Bertz CT molecular complexity index is 499. The van der Waals surface area contributed by atoms with E-state index in [1.807, 2.05) is 6.08 Å². The summed E-state index contributed by atoms with van der Waals surface area (Å²) < 4.78 is 0. The molecule has 2 N–H and O–H groups in total. The van der Waals surface area contributed by atoms with Crippen molar-refractivity contribution in [1.29, 1.82) is 0 Å². The average molecular weight is 417 g/mol. The minimum Gasteiger partial charge on any atom is -0.386 e. The quantitative estimate of drug-likeness (QED) is 0.108. The highest BCUT2D eigenvalue weighted by atomic mass is 16.6. The molecule has 0 saturated carbocycles. The number of rotatable bonds is 19. The molecule has 0 radical (unpaired) electrons. The minimum atomic E-state index is -1.46. The van der Waals surface area contributed by atoms with E-state index in [-0.39, 0.29) is 12.8 Å². The lowest BCUT2D eigenvalue weighted by Gasteiger charge is -2.20. The molecule has 4 unspecified atom stereocenters. The van der Waals surface area contributed by atoms with E-state index >= 15 is 0 Å². The summed E-state index contributed by atoms with van der Waals surface area (Å²) in [6, 6.07) is -2.57. The van der Waals surface area contributed by atoms with Gasteiger partial charge in [-0.1, -0.05) is 44.8 Å². The maximum Gasteiger partial charge on any atom is 0.242 e. The molecule has 4 atom stereocenters. The van der Waals surface area contributed by atoms with Crippen molar-refractivity contribution < 1.29 is 24.9 Å². The number of nitro groups is 2. The van der Waals surface area contributed by atoms with E-state index in [1.165, 1.54) is 0 Å². The third-order valence-corrected chi connectivity index (χ3v) is 5.00. The van der Waals surface area contributed by atoms with E-state index in [9.17, 15) is 35.2 Å². The molecule has 0 aromatic carbocycles. The first-order chi connectivity index (χ1) is 13.8. The van der Waals surface area contributed by atoms with Crippen LogP contribution < -0.4 is 0 Å². The summed E-state index contributed by atoms with van der Waals surface area (Å²) in [5, 5.41) is 42.9. The number of aliphatic hydroxyl groups is 2. The van der Waals surface area contributed by atoms with Gasteiger partial charge in [-0.05, 0) is 25.7 Å². The van der Waals surface area contributed by atoms with Gasteiger partial charge < -0.3 is 15.0 Å². The van der Waals surface area contributed by atoms with Crippen molar-refractivity contribution in [1.82, 2.24) is 0 Å². The van der Waals surface area contributed by atoms with Crippen LogP contribution in [-0.2, 0) is 4.79 Å². The monoisotopic (exact) mass is 416 g/mol. The number of unbranched alkanes of at least 4 members (excludes halogenated alkanes) is 7. The highest BCUT2D eigenvalue weighted by Gasteiger charge is 2.36. The van der Waals surface area contributed by atoms with Gasteiger partial charge in [0.1, 0.15) is 18.5 Å². The SMILES string of the molecule is CCCCC/C=C\CC(C(O)CC(O)C(CCCCCCC=O)[N+](=O)[O-])[N+](=O)[O-]. The van der Waals surface area contributed by atoms with Gasteiger partial charge in [0.2, 0.25) is 12.1 Å². The van der Waals surface area contributed by atoms with Crippen molar-refractivity contribution in [2.75, 3.05) is 0 Å². The Hall–Kier alpha value is -1.87. The molecular formula is C20H36N2O7. The summed E-state index contributed by atoms with van der Waals surface area (Å²) in [6.45, 7) is 2.08. The van der Waals surface area contributed by atoms with Gasteiger partial charge in [-0.3, -0.25) is 20.2 Å². The lowest BCUT2D eigenvalue weighted by molar-refractivity contribution is -0.543. The zero-order chi connectivity index (χ0) is 22.1. The molecule has 0 aliphatic rings. The van der Waals surface area contributed by atoms with Gasteiger partial charge in [-0.2, -0.15) is 0 Å². The number of hydrogen-bond donors (Lipinski definition) is 2. The molecule has 168 valence electrons. The van der Waals surface area contributed by atoms with Crippen LogP contribution in [0, 0.1) is 20.2 Å². The second-order valence-electron chi connectivity index (χ2n) is 7.44. The van der Waals surface area contributed by atoms with Crippen molar-refractivity contribution in [3.8, 4) is 0 Å². The van der Waals surface area contributed by atoms with E-state index in [1.54, 1.807) is 6.08 Å². The summed E-state index contributed by atoms with van der Waals surface area (Å²) in [4.78, 5) is 31.6. The molecule has 0 rings (SSSR count). The summed E-state index contributed by atoms with van der Waals surface area (Å²) >= 11 is 0. The van der Waals surface area contributed by atoms with Crippen molar-refractivity contribution in [3.63, 3.8) is 0 Å². The molecule has 29 heavy (non-hydrogen) atoms. The Balaban J connectivity index is 4.57. The first-order valence-corrected chi connectivity index (χ1v) is 10.6. The molecule has 0 aliphatic heterocycles. The Morgan fingerprint density at radius 2 is 1.41 bits per heavy atom. The van der Waals surface area contributed by atoms with Crippen LogP contribution in [0.2, 0.25) is 0 Å². The number of hydrogen-bond acceptors (Lipinski definition) is 7. The maximum atomic E-state index is 11.3. The van der Waals surface area contributed by atoms with Gasteiger partial charge in [0.15, 0.2) is 0 Å². The third kappa shape index (κ3) is 13.1. The fourth-order valence-corrected chi connectivity index (χ4v) is 3.18. The molecule has 0 bridgehead atoms. The van der Waals surface area contributed by atoms with Crippen molar-refractivity contribution >= 4 is 6.29 Å². The van der Waals surface area contributed by atoms with Gasteiger partial charge in [0.05, 0.1) is 0 Å². The normalized spacial score (nSPS) is 15.7. The highest BCUT2D eigenvalue weighted by Crippen LogP contribution is 2.18.